The average Bonchev–Trinajstić information content (AvgIpc) is 2.89. The van der Waals surface area contributed by atoms with Crippen LogP contribution in [0, 0.1) is 6.92 Å². The molecule has 0 aliphatic rings. The van der Waals surface area contributed by atoms with Gasteiger partial charge in [0.05, 0.1) is 6.20 Å². The number of aryl methyl sites for hydroxylation is 2. The van der Waals surface area contributed by atoms with E-state index in [1.807, 2.05) is 43.6 Å². The molecule has 1 amide bonds. The maximum atomic E-state index is 11.9. The van der Waals surface area contributed by atoms with Crippen molar-refractivity contribution in [3.05, 3.63) is 47.3 Å². The lowest BCUT2D eigenvalue weighted by atomic mass is 10.1. The van der Waals surface area contributed by atoms with E-state index >= 15 is 0 Å². The van der Waals surface area contributed by atoms with Crippen LogP contribution < -0.4 is 5.32 Å². The fraction of sp³-hybridized carbons (Fsp3) is 0.333. The quantitative estimate of drug-likeness (QED) is 0.635. The Kier molecular flexibility index (Phi) is 5.24. The molecule has 0 aliphatic carbocycles. The molecule has 1 aromatic heterocycles. The molecule has 0 saturated carbocycles. The Balaban J connectivity index is 1.76. The standard InChI is InChI=1S/C15H19N3OS/c1-11-13(10-17-18-11)4-3-9-16-15(19)12-5-7-14(20-2)8-6-12/h5-8,10H,3-4,9H2,1-2H3,(H,16,19)(H,17,18). The minimum absolute atomic E-state index is 0.0124. The number of rotatable bonds is 6. The summed E-state index contributed by atoms with van der Waals surface area (Å²) in [4.78, 5) is 13.1. The largest absolute Gasteiger partial charge is 0.352 e. The van der Waals surface area contributed by atoms with Crippen LogP contribution in [0.3, 0.4) is 0 Å². The molecule has 1 heterocycles. The fourth-order valence-corrected chi connectivity index (χ4v) is 2.36. The third-order valence-electron chi connectivity index (χ3n) is 3.19. The molecule has 2 N–H and O–H groups in total. The van der Waals surface area contributed by atoms with Crippen LogP contribution in [-0.2, 0) is 6.42 Å². The Morgan fingerprint density at radius 1 is 1.35 bits per heavy atom. The highest BCUT2D eigenvalue weighted by atomic mass is 32.2. The van der Waals surface area contributed by atoms with Crippen LogP contribution in [-0.4, -0.2) is 28.9 Å². The number of amides is 1. The third kappa shape index (κ3) is 3.87. The van der Waals surface area contributed by atoms with Crippen LogP contribution in [0.15, 0.2) is 35.4 Å². The monoisotopic (exact) mass is 289 g/mol. The van der Waals surface area contributed by atoms with Crippen molar-refractivity contribution in [2.24, 2.45) is 0 Å². The van der Waals surface area contributed by atoms with Gasteiger partial charge in [0.25, 0.3) is 5.91 Å². The summed E-state index contributed by atoms with van der Waals surface area (Å²) in [5.41, 5.74) is 3.02. The second-order valence-corrected chi connectivity index (χ2v) is 5.49. The zero-order valence-corrected chi connectivity index (χ0v) is 12.6. The molecule has 0 atom stereocenters. The lowest BCUT2D eigenvalue weighted by Crippen LogP contribution is -2.24. The molecule has 2 rings (SSSR count). The van der Waals surface area contributed by atoms with Crippen molar-refractivity contribution in [2.75, 3.05) is 12.8 Å². The zero-order chi connectivity index (χ0) is 14.4. The van der Waals surface area contributed by atoms with E-state index in [0.717, 1.165) is 23.4 Å². The normalized spacial score (nSPS) is 10.5. The minimum atomic E-state index is -0.0124. The molecule has 0 saturated heterocycles. The fourth-order valence-electron chi connectivity index (χ4n) is 1.95. The Hall–Kier alpha value is -1.75. The molecular formula is C15H19N3OS. The van der Waals surface area contributed by atoms with Gasteiger partial charge in [-0.2, -0.15) is 5.10 Å². The minimum Gasteiger partial charge on any atom is -0.352 e. The molecule has 20 heavy (non-hydrogen) atoms. The van der Waals surface area contributed by atoms with E-state index in [1.165, 1.54) is 5.56 Å². The van der Waals surface area contributed by atoms with Gasteiger partial charge < -0.3 is 5.32 Å². The van der Waals surface area contributed by atoms with Crippen molar-refractivity contribution in [1.29, 1.82) is 0 Å². The maximum absolute atomic E-state index is 11.9. The number of benzene rings is 1. The van der Waals surface area contributed by atoms with E-state index in [1.54, 1.807) is 11.8 Å². The lowest BCUT2D eigenvalue weighted by Gasteiger charge is -2.05. The first-order valence-electron chi connectivity index (χ1n) is 6.62. The summed E-state index contributed by atoms with van der Waals surface area (Å²) >= 11 is 1.67. The SMILES string of the molecule is CSc1ccc(C(=O)NCCCc2cn[nH]c2C)cc1. The van der Waals surface area contributed by atoms with Crippen molar-refractivity contribution in [2.45, 2.75) is 24.7 Å². The van der Waals surface area contributed by atoms with Crippen molar-refractivity contribution in [1.82, 2.24) is 15.5 Å². The van der Waals surface area contributed by atoms with E-state index in [2.05, 4.69) is 15.5 Å². The van der Waals surface area contributed by atoms with Crippen LogP contribution in [0.2, 0.25) is 0 Å². The summed E-state index contributed by atoms with van der Waals surface area (Å²) in [5.74, 6) is -0.0124. The number of nitrogens with zero attached hydrogens (tertiary/aromatic N) is 1. The van der Waals surface area contributed by atoms with Gasteiger partial charge in [0.1, 0.15) is 0 Å². The number of H-pyrrole nitrogens is 1. The van der Waals surface area contributed by atoms with Gasteiger partial charge in [-0.3, -0.25) is 9.89 Å². The molecular weight excluding hydrogens is 270 g/mol. The predicted octanol–water partition coefficient (Wildman–Crippen LogP) is 2.80. The molecule has 106 valence electrons. The summed E-state index contributed by atoms with van der Waals surface area (Å²) in [7, 11) is 0. The Labute approximate surface area is 123 Å². The number of carbonyl (C=O) groups excluding carboxylic acids is 1. The first-order chi connectivity index (χ1) is 9.70. The van der Waals surface area contributed by atoms with Gasteiger partial charge in [-0.05, 0) is 55.9 Å². The zero-order valence-electron chi connectivity index (χ0n) is 11.8. The first kappa shape index (κ1) is 14.7. The molecule has 0 aliphatic heterocycles. The molecule has 1 aromatic carbocycles. The second kappa shape index (κ2) is 7.14. The highest BCUT2D eigenvalue weighted by molar-refractivity contribution is 7.98. The topological polar surface area (TPSA) is 57.8 Å². The summed E-state index contributed by atoms with van der Waals surface area (Å²) in [6, 6.07) is 7.66. The Bertz CT molecular complexity index is 563. The molecule has 0 radical (unpaired) electrons. The van der Waals surface area contributed by atoms with E-state index < -0.39 is 0 Å². The molecule has 0 spiro atoms. The number of nitrogens with one attached hydrogen (secondary N) is 2. The van der Waals surface area contributed by atoms with Gasteiger partial charge >= 0.3 is 0 Å². The van der Waals surface area contributed by atoms with E-state index in [4.69, 9.17) is 0 Å². The van der Waals surface area contributed by atoms with Crippen LogP contribution in [0.1, 0.15) is 28.0 Å². The van der Waals surface area contributed by atoms with E-state index in [0.29, 0.717) is 12.1 Å². The van der Waals surface area contributed by atoms with Crippen LogP contribution in [0.4, 0.5) is 0 Å². The Morgan fingerprint density at radius 3 is 2.70 bits per heavy atom. The summed E-state index contributed by atoms with van der Waals surface area (Å²) in [6.45, 7) is 2.68. The number of aromatic amines is 1. The average molecular weight is 289 g/mol. The van der Waals surface area contributed by atoms with E-state index in [-0.39, 0.29) is 5.91 Å². The van der Waals surface area contributed by atoms with Crippen LogP contribution in [0.5, 0.6) is 0 Å². The molecule has 5 heteroatoms. The highest BCUT2D eigenvalue weighted by Gasteiger charge is 2.05. The van der Waals surface area contributed by atoms with Crippen molar-refractivity contribution >= 4 is 17.7 Å². The van der Waals surface area contributed by atoms with Gasteiger partial charge in [-0.1, -0.05) is 0 Å². The molecule has 0 unspecified atom stereocenters. The number of hydrogen-bond acceptors (Lipinski definition) is 3. The van der Waals surface area contributed by atoms with Crippen molar-refractivity contribution in [3.63, 3.8) is 0 Å². The van der Waals surface area contributed by atoms with Crippen molar-refractivity contribution < 1.29 is 4.79 Å². The lowest BCUT2D eigenvalue weighted by molar-refractivity contribution is 0.0953. The van der Waals surface area contributed by atoms with Gasteiger partial charge in [0.2, 0.25) is 0 Å². The smallest absolute Gasteiger partial charge is 0.251 e. The van der Waals surface area contributed by atoms with E-state index in [9.17, 15) is 4.79 Å². The van der Waals surface area contributed by atoms with Crippen LogP contribution >= 0.6 is 11.8 Å². The Morgan fingerprint density at radius 2 is 2.10 bits per heavy atom. The molecule has 0 bridgehead atoms. The van der Waals surface area contributed by atoms with Crippen LogP contribution in [0.25, 0.3) is 0 Å². The third-order valence-corrected chi connectivity index (χ3v) is 3.94. The number of thioether (sulfide) groups is 1. The number of carbonyl (C=O) groups is 1. The van der Waals surface area contributed by atoms with Gasteiger partial charge in [0.15, 0.2) is 0 Å². The molecule has 4 nitrogen and oxygen atoms in total. The highest BCUT2D eigenvalue weighted by Crippen LogP contribution is 2.14. The summed E-state index contributed by atoms with van der Waals surface area (Å²) in [5, 5.41) is 9.84. The second-order valence-electron chi connectivity index (χ2n) is 4.61. The van der Waals surface area contributed by atoms with Gasteiger partial charge in [-0.25, -0.2) is 0 Å². The number of hydrogen-bond donors (Lipinski definition) is 2. The molecule has 2 aromatic rings. The predicted molar refractivity (Wildman–Crippen MR) is 82.2 cm³/mol. The number of aromatic nitrogens is 2. The maximum Gasteiger partial charge on any atom is 0.251 e. The first-order valence-corrected chi connectivity index (χ1v) is 7.84. The summed E-state index contributed by atoms with van der Waals surface area (Å²) in [6.07, 6.45) is 5.70. The summed E-state index contributed by atoms with van der Waals surface area (Å²) < 4.78 is 0. The van der Waals surface area contributed by atoms with Gasteiger partial charge in [-0.15, -0.1) is 11.8 Å². The van der Waals surface area contributed by atoms with Crippen molar-refractivity contribution in [3.8, 4) is 0 Å². The van der Waals surface area contributed by atoms with Gasteiger partial charge in [0, 0.05) is 22.7 Å². The molecule has 0 fully saturated rings.